The van der Waals surface area contributed by atoms with E-state index in [2.05, 4.69) is 15.1 Å². The second kappa shape index (κ2) is 6.05. The molecule has 1 aromatic carbocycles. The first kappa shape index (κ1) is 14.4. The first-order chi connectivity index (χ1) is 10.6. The molecule has 0 spiro atoms. The molecule has 0 fully saturated rings. The van der Waals surface area contributed by atoms with Crippen molar-refractivity contribution in [1.29, 1.82) is 0 Å². The maximum absolute atomic E-state index is 9.93. The highest BCUT2D eigenvalue weighted by Gasteiger charge is 2.16. The summed E-state index contributed by atoms with van der Waals surface area (Å²) in [5, 5.41) is 23.4. The Labute approximate surface area is 127 Å². The Morgan fingerprint density at radius 3 is 2.64 bits per heavy atom. The Morgan fingerprint density at radius 1 is 1.09 bits per heavy atom. The molecule has 0 aliphatic heterocycles. The lowest BCUT2D eigenvalue weighted by atomic mass is 10.0. The molecule has 22 heavy (non-hydrogen) atoms. The summed E-state index contributed by atoms with van der Waals surface area (Å²) < 4.78 is 5.24. The molecule has 112 valence electrons. The fourth-order valence-electron chi connectivity index (χ4n) is 2.09. The van der Waals surface area contributed by atoms with Crippen molar-refractivity contribution in [3.05, 3.63) is 54.4 Å². The van der Waals surface area contributed by atoms with Crippen LogP contribution in [0.4, 0.5) is 0 Å². The lowest BCUT2D eigenvalue weighted by Gasteiger charge is -2.14. The smallest absolute Gasteiger partial charge is 0.259 e. The molecule has 0 saturated carbocycles. The number of aromatic nitrogens is 3. The largest absolute Gasteiger partial charge is 0.390 e. The van der Waals surface area contributed by atoms with E-state index >= 15 is 0 Å². The Morgan fingerprint density at radius 2 is 1.91 bits per heavy atom. The highest BCUT2D eigenvalue weighted by molar-refractivity contribution is 5.59. The van der Waals surface area contributed by atoms with E-state index in [1.165, 1.54) is 6.92 Å². The van der Waals surface area contributed by atoms with E-state index in [1.54, 1.807) is 36.7 Å². The summed E-state index contributed by atoms with van der Waals surface area (Å²) >= 11 is 0. The SMILES string of the molecule is CC(O)[C@H](O)c1cccc(-c2noc(-c3cccnc3)n2)c1. The maximum atomic E-state index is 9.93. The molecule has 2 heterocycles. The zero-order chi connectivity index (χ0) is 15.5. The second-order valence-electron chi connectivity index (χ2n) is 4.98. The molecule has 6 nitrogen and oxygen atoms in total. The van der Waals surface area contributed by atoms with E-state index in [1.807, 2.05) is 12.1 Å². The minimum atomic E-state index is -0.954. The number of aliphatic hydroxyl groups is 2. The highest BCUT2D eigenvalue weighted by Crippen LogP contribution is 2.25. The Hall–Kier alpha value is -2.57. The maximum Gasteiger partial charge on any atom is 0.259 e. The van der Waals surface area contributed by atoms with Gasteiger partial charge >= 0.3 is 0 Å². The van der Waals surface area contributed by atoms with Crippen molar-refractivity contribution in [2.75, 3.05) is 0 Å². The van der Waals surface area contributed by atoms with Gasteiger partial charge in [-0.3, -0.25) is 4.98 Å². The van der Waals surface area contributed by atoms with Crippen molar-refractivity contribution in [3.63, 3.8) is 0 Å². The van der Waals surface area contributed by atoms with E-state index in [9.17, 15) is 10.2 Å². The number of benzene rings is 1. The standard InChI is InChI=1S/C16H15N3O3/c1-10(20)14(21)11-4-2-5-12(8-11)15-18-16(22-19-15)13-6-3-7-17-9-13/h2-10,14,20-21H,1H3/t10?,14-/m0/s1. The van der Waals surface area contributed by atoms with Gasteiger partial charge in [0.15, 0.2) is 0 Å². The normalized spacial score (nSPS) is 13.8. The molecular weight excluding hydrogens is 282 g/mol. The van der Waals surface area contributed by atoms with Crippen LogP contribution >= 0.6 is 0 Å². The van der Waals surface area contributed by atoms with Gasteiger partial charge in [-0.15, -0.1) is 0 Å². The van der Waals surface area contributed by atoms with Gasteiger partial charge in [0.1, 0.15) is 6.10 Å². The molecule has 2 aromatic heterocycles. The van der Waals surface area contributed by atoms with E-state index in [4.69, 9.17) is 4.52 Å². The third-order valence-corrected chi connectivity index (χ3v) is 3.28. The van der Waals surface area contributed by atoms with Crippen LogP contribution in [-0.2, 0) is 0 Å². The van der Waals surface area contributed by atoms with Crippen LogP contribution in [-0.4, -0.2) is 31.4 Å². The van der Waals surface area contributed by atoms with Crippen molar-refractivity contribution in [3.8, 4) is 22.8 Å². The molecule has 2 atom stereocenters. The number of aliphatic hydroxyl groups excluding tert-OH is 2. The van der Waals surface area contributed by atoms with E-state index in [-0.39, 0.29) is 0 Å². The van der Waals surface area contributed by atoms with Gasteiger partial charge in [-0.2, -0.15) is 4.98 Å². The minimum Gasteiger partial charge on any atom is -0.390 e. The Bertz CT molecular complexity index is 756. The summed E-state index contributed by atoms with van der Waals surface area (Å²) in [4.78, 5) is 8.35. The van der Waals surface area contributed by atoms with Gasteiger partial charge in [0, 0.05) is 18.0 Å². The minimum absolute atomic E-state index is 0.379. The predicted octanol–water partition coefficient (Wildman–Crippen LogP) is 2.21. The Kier molecular flexibility index (Phi) is 3.95. The predicted molar refractivity (Wildman–Crippen MR) is 79.6 cm³/mol. The fraction of sp³-hybridized carbons (Fsp3) is 0.188. The van der Waals surface area contributed by atoms with Crippen molar-refractivity contribution in [1.82, 2.24) is 15.1 Å². The number of nitrogens with zero attached hydrogens (tertiary/aromatic N) is 3. The van der Waals surface area contributed by atoms with Crippen LogP contribution in [0.5, 0.6) is 0 Å². The summed E-state index contributed by atoms with van der Waals surface area (Å²) in [6.07, 6.45) is 1.50. The molecule has 0 aliphatic rings. The summed E-state index contributed by atoms with van der Waals surface area (Å²) in [6, 6.07) is 10.7. The number of hydrogen-bond acceptors (Lipinski definition) is 6. The van der Waals surface area contributed by atoms with Crippen molar-refractivity contribution < 1.29 is 14.7 Å². The third-order valence-electron chi connectivity index (χ3n) is 3.28. The van der Waals surface area contributed by atoms with Crippen LogP contribution < -0.4 is 0 Å². The number of hydrogen-bond donors (Lipinski definition) is 2. The first-order valence-corrected chi connectivity index (χ1v) is 6.86. The topological polar surface area (TPSA) is 92.3 Å². The van der Waals surface area contributed by atoms with Crippen molar-refractivity contribution >= 4 is 0 Å². The van der Waals surface area contributed by atoms with Gasteiger partial charge in [-0.1, -0.05) is 23.4 Å². The van der Waals surface area contributed by atoms with Crippen molar-refractivity contribution in [2.24, 2.45) is 0 Å². The van der Waals surface area contributed by atoms with Crippen LogP contribution in [0.3, 0.4) is 0 Å². The zero-order valence-corrected chi connectivity index (χ0v) is 11.9. The van der Waals surface area contributed by atoms with Gasteiger partial charge in [-0.05, 0) is 30.7 Å². The molecule has 6 heteroatoms. The van der Waals surface area contributed by atoms with E-state index in [0.717, 1.165) is 5.56 Å². The summed E-state index contributed by atoms with van der Waals surface area (Å²) in [6.45, 7) is 1.53. The van der Waals surface area contributed by atoms with E-state index < -0.39 is 12.2 Å². The first-order valence-electron chi connectivity index (χ1n) is 6.86. The lowest BCUT2D eigenvalue weighted by molar-refractivity contribution is 0.0305. The van der Waals surface area contributed by atoms with Gasteiger partial charge < -0.3 is 14.7 Å². The monoisotopic (exact) mass is 297 g/mol. The summed E-state index contributed by atoms with van der Waals surface area (Å²) in [7, 11) is 0. The molecule has 1 unspecified atom stereocenters. The molecule has 0 radical (unpaired) electrons. The summed E-state index contributed by atoms with van der Waals surface area (Å²) in [5.41, 5.74) is 2.04. The van der Waals surface area contributed by atoms with Crippen molar-refractivity contribution in [2.45, 2.75) is 19.1 Å². The third kappa shape index (κ3) is 2.88. The summed E-state index contributed by atoms with van der Waals surface area (Å²) in [5.74, 6) is 0.795. The molecule has 3 rings (SSSR count). The molecule has 0 saturated heterocycles. The molecule has 0 aliphatic carbocycles. The fourth-order valence-corrected chi connectivity index (χ4v) is 2.09. The van der Waals surface area contributed by atoms with Gasteiger partial charge in [0.2, 0.25) is 5.82 Å². The molecule has 0 amide bonds. The number of pyridine rings is 1. The molecule has 0 bridgehead atoms. The average molecular weight is 297 g/mol. The van der Waals surface area contributed by atoms with Crippen LogP contribution in [0.2, 0.25) is 0 Å². The molecule has 3 aromatic rings. The Balaban J connectivity index is 1.92. The average Bonchev–Trinajstić information content (AvgIpc) is 3.05. The van der Waals surface area contributed by atoms with Gasteiger partial charge in [0.25, 0.3) is 5.89 Å². The van der Waals surface area contributed by atoms with Gasteiger partial charge in [-0.25, -0.2) is 0 Å². The van der Waals surface area contributed by atoms with Crippen LogP contribution in [0.25, 0.3) is 22.8 Å². The second-order valence-corrected chi connectivity index (χ2v) is 4.98. The lowest BCUT2D eigenvalue weighted by Crippen LogP contribution is -2.13. The van der Waals surface area contributed by atoms with Crippen LogP contribution in [0, 0.1) is 0 Å². The number of rotatable bonds is 4. The molecular formula is C16H15N3O3. The van der Waals surface area contributed by atoms with Gasteiger partial charge in [0.05, 0.1) is 11.7 Å². The van der Waals surface area contributed by atoms with E-state index in [0.29, 0.717) is 22.8 Å². The highest BCUT2D eigenvalue weighted by atomic mass is 16.5. The van der Waals surface area contributed by atoms with Crippen LogP contribution in [0.1, 0.15) is 18.6 Å². The molecule has 2 N–H and O–H groups in total. The van der Waals surface area contributed by atoms with Crippen LogP contribution in [0.15, 0.2) is 53.3 Å². The quantitative estimate of drug-likeness (QED) is 0.767. The zero-order valence-electron chi connectivity index (χ0n) is 11.9.